The molecule has 3 nitrogen and oxygen atoms in total. The molecule has 2 unspecified atom stereocenters. The second-order valence-corrected chi connectivity index (χ2v) is 6.41. The fourth-order valence-electron chi connectivity index (χ4n) is 3.61. The van der Waals surface area contributed by atoms with E-state index in [4.69, 9.17) is 0 Å². The minimum atomic E-state index is -0.201. The Balaban J connectivity index is 1.73. The molecule has 2 aliphatic rings. The Morgan fingerprint density at radius 1 is 1.21 bits per heavy atom. The van der Waals surface area contributed by atoms with Gasteiger partial charge in [0.2, 0.25) is 5.91 Å². The molecule has 1 aliphatic carbocycles. The van der Waals surface area contributed by atoms with Crippen LogP contribution in [0.15, 0.2) is 0 Å². The molecule has 3 heteroatoms. The van der Waals surface area contributed by atoms with Crippen LogP contribution in [0.1, 0.15) is 64.7 Å². The molecule has 1 saturated carbocycles. The van der Waals surface area contributed by atoms with E-state index < -0.39 is 0 Å². The first-order valence-electron chi connectivity index (χ1n) is 8.16. The van der Waals surface area contributed by atoms with Gasteiger partial charge in [0.25, 0.3) is 0 Å². The van der Waals surface area contributed by atoms with Crippen LogP contribution in [0.5, 0.6) is 0 Å². The van der Waals surface area contributed by atoms with Crippen molar-refractivity contribution in [3.63, 3.8) is 0 Å². The van der Waals surface area contributed by atoms with E-state index in [-0.39, 0.29) is 12.0 Å². The molecule has 2 rings (SSSR count). The quantitative estimate of drug-likeness (QED) is 0.850. The van der Waals surface area contributed by atoms with Crippen molar-refractivity contribution in [1.29, 1.82) is 0 Å². The van der Waals surface area contributed by atoms with Crippen molar-refractivity contribution in [2.75, 3.05) is 13.1 Å². The molecular weight excluding hydrogens is 238 g/mol. The van der Waals surface area contributed by atoms with Crippen LogP contribution in [-0.2, 0) is 4.79 Å². The summed E-state index contributed by atoms with van der Waals surface area (Å²) in [6.07, 6.45) is 10.1. The zero-order valence-corrected chi connectivity index (χ0v) is 12.3. The molecule has 0 radical (unpaired) electrons. The predicted molar refractivity (Wildman–Crippen MR) is 76.8 cm³/mol. The molecule has 0 spiro atoms. The van der Waals surface area contributed by atoms with Crippen LogP contribution in [-0.4, -0.2) is 35.1 Å². The van der Waals surface area contributed by atoms with Crippen molar-refractivity contribution >= 4 is 5.91 Å². The first kappa shape index (κ1) is 14.8. The number of nitrogens with zero attached hydrogens (tertiary/aromatic N) is 1. The summed E-state index contributed by atoms with van der Waals surface area (Å²) in [6, 6.07) is 0. The minimum absolute atomic E-state index is 0.201. The number of aliphatic hydroxyl groups excluding tert-OH is 1. The Morgan fingerprint density at radius 3 is 2.63 bits per heavy atom. The van der Waals surface area contributed by atoms with Gasteiger partial charge in [-0.15, -0.1) is 0 Å². The van der Waals surface area contributed by atoms with E-state index >= 15 is 0 Å². The Labute approximate surface area is 117 Å². The van der Waals surface area contributed by atoms with E-state index in [1.807, 2.05) is 4.90 Å². The molecule has 1 saturated heterocycles. The van der Waals surface area contributed by atoms with Gasteiger partial charge in [-0.2, -0.15) is 0 Å². The lowest BCUT2D eigenvalue weighted by Crippen LogP contribution is -2.45. The summed E-state index contributed by atoms with van der Waals surface area (Å²) in [6.45, 7) is 3.62. The van der Waals surface area contributed by atoms with Crippen LogP contribution in [0.2, 0.25) is 0 Å². The fraction of sp³-hybridized carbons (Fsp3) is 0.938. The van der Waals surface area contributed by atoms with E-state index in [0.717, 1.165) is 44.7 Å². The number of carbonyl (C=O) groups excluding carboxylic acids is 1. The van der Waals surface area contributed by atoms with Crippen LogP contribution in [0.4, 0.5) is 0 Å². The molecule has 0 aromatic carbocycles. The fourth-order valence-corrected chi connectivity index (χ4v) is 3.61. The Hall–Kier alpha value is -0.570. The normalized spacial score (nSPS) is 29.5. The van der Waals surface area contributed by atoms with Gasteiger partial charge in [0.15, 0.2) is 0 Å². The maximum absolute atomic E-state index is 12.3. The highest BCUT2D eigenvalue weighted by molar-refractivity contribution is 5.76. The Bertz CT molecular complexity index is 286. The first-order valence-corrected chi connectivity index (χ1v) is 8.16. The van der Waals surface area contributed by atoms with E-state index in [9.17, 15) is 9.90 Å². The summed E-state index contributed by atoms with van der Waals surface area (Å²) >= 11 is 0. The SMILES string of the molecule is CCC1CN(C(=O)CCC2CCCCC2)CCC1O. The number of hydrogen-bond donors (Lipinski definition) is 1. The molecule has 0 bridgehead atoms. The van der Waals surface area contributed by atoms with Crippen molar-refractivity contribution in [3.05, 3.63) is 0 Å². The Kier molecular flexibility index (Phi) is 5.68. The van der Waals surface area contributed by atoms with Gasteiger partial charge in [-0.1, -0.05) is 39.0 Å². The molecule has 0 aromatic rings. The van der Waals surface area contributed by atoms with E-state index in [2.05, 4.69) is 6.92 Å². The topological polar surface area (TPSA) is 40.5 Å². The molecule has 19 heavy (non-hydrogen) atoms. The second-order valence-electron chi connectivity index (χ2n) is 6.41. The smallest absolute Gasteiger partial charge is 0.222 e. The lowest BCUT2D eigenvalue weighted by molar-refractivity contribution is -0.135. The van der Waals surface area contributed by atoms with Crippen molar-refractivity contribution < 1.29 is 9.90 Å². The number of rotatable bonds is 4. The van der Waals surface area contributed by atoms with Crippen molar-refractivity contribution in [2.24, 2.45) is 11.8 Å². The minimum Gasteiger partial charge on any atom is -0.393 e. The van der Waals surface area contributed by atoms with Crippen molar-refractivity contribution in [3.8, 4) is 0 Å². The van der Waals surface area contributed by atoms with Crippen LogP contribution in [0.3, 0.4) is 0 Å². The Morgan fingerprint density at radius 2 is 1.95 bits per heavy atom. The maximum atomic E-state index is 12.3. The van der Waals surface area contributed by atoms with Gasteiger partial charge in [0.05, 0.1) is 6.10 Å². The highest BCUT2D eigenvalue weighted by Crippen LogP contribution is 2.28. The monoisotopic (exact) mass is 267 g/mol. The third-order valence-electron chi connectivity index (χ3n) is 5.06. The van der Waals surface area contributed by atoms with E-state index in [1.165, 1.54) is 32.1 Å². The van der Waals surface area contributed by atoms with Gasteiger partial charge < -0.3 is 10.0 Å². The van der Waals surface area contributed by atoms with Crippen molar-refractivity contribution in [1.82, 2.24) is 4.90 Å². The van der Waals surface area contributed by atoms with Crippen LogP contribution >= 0.6 is 0 Å². The molecule has 110 valence electrons. The first-order chi connectivity index (χ1) is 9.20. The van der Waals surface area contributed by atoms with Gasteiger partial charge in [0, 0.05) is 25.4 Å². The summed E-state index contributed by atoms with van der Waals surface area (Å²) in [5, 5.41) is 9.86. The number of carbonyl (C=O) groups is 1. The van der Waals surface area contributed by atoms with Gasteiger partial charge >= 0.3 is 0 Å². The molecular formula is C16H29NO2. The summed E-state index contributed by atoms with van der Waals surface area (Å²) in [5.74, 6) is 1.39. The predicted octanol–water partition coefficient (Wildman–Crippen LogP) is 2.97. The number of piperidine rings is 1. The number of amides is 1. The molecule has 0 aromatic heterocycles. The van der Waals surface area contributed by atoms with Crippen LogP contribution in [0.25, 0.3) is 0 Å². The van der Waals surface area contributed by atoms with Crippen molar-refractivity contribution in [2.45, 2.75) is 70.8 Å². The molecule has 1 N–H and O–H groups in total. The average molecular weight is 267 g/mol. The third kappa shape index (κ3) is 4.20. The standard InChI is InChI=1S/C16H29NO2/c1-2-14-12-17(11-10-15(14)18)16(19)9-8-13-6-4-3-5-7-13/h13-15,18H,2-12H2,1H3. The molecule has 2 atom stereocenters. The lowest BCUT2D eigenvalue weighted by atomic mass is 9.86. The average Bonchev–Trinajstić information content (AvgIpc) is 2.46. The van der Waals surface area contributed by atoms with Crippen LogP contribution in [0, 0.1) is 11.8 Å². The zero-order chi connectivity index (χ0) is 13.7. The number of likely N-dealkylation sites (tertiary alicyclic amines) is 1. The molecule has 1 aliphatic heterocycles. The third-order valence-corrected chi connectivity index (χ3v) is 5.06. The van der Waals surface area contributed by atoms with Gasteiger partial charge in [0.1, 0.15) is 0 Å². The maximum Gasteiger partial charge on any atom is 0.222 e. The van der Waals surface area contributed by atoms with E-state index in [1.54, 1.807) is 0 Å². The lowest BCUT2D eigenvalue weighted by Gasteiger charge is -2.36. The second kappa shape index (κ2) is 7.28. The van der Waals surface area contributed by atoms with Gasteiger partial charge in [-0.05, 0) is 25.2 Å². The molecule has 2 fully saturated rings. The number of aliphatic hydroxyl groups is 1. The van der Waals surface area contributed by atoms with Gasteiger partial charge in [-0.25, -0.2) is 0 Å². The summed E-state index contributed by atoms with van der Waals surface area (Å²) in [4.78, 5) is 14.2. The van der Waals surface area contributed by atoms with Gasteiger partial charge in [-0.3, -0.25) is 4.79 Å². The summed E-state index contributed by atoms with van der Waals surface area (Å²) < 4.78 is 0. The highest BCUT2D eigenvalue weighted by atomic mass is 16.3. The number of hydrogen-bond acceptors (Lipinski definition) is 2. The zero-order valence-electron chi connectivity index (χ0n) is 12.3. The summed E-state index contributed by atoms with van der Waals surface area (Å²) in [7, 11) is 0. The highest BCUT2D eigenvalue weighted by Gasteiger charge is 2.29. The van der Waals surface area contributed by atoms with Crippen LogP contribution < -0.4 is 0 Å². The van der Waals surface area contributed by atoms with E-state index in [0.29, 0.717) is 5.91 Å². The molecule has 1 heterocycles. The molecule has 1 amide bonds. The summed E-state index contributed by atoms with van der Waals surface area (Å²) in [5.41, 5.74) is 0. The largest absolute Gasteiger partial charge is 0.393 e.